The summed E-state index contributed by atoms with van der Waals surface area (Å²) in [7, 11) is 2.37. The number of nitrogens with zero attached hydrogens (tertiary/aromatic N) is 4. The highest BCUT2D eigenvalue weighted by molar-refractivity contribution is 6.31. The molecule has 0 saturated carbocycles. The zero-order valence-electron chi connectivity index (χ0n) is 59.0. The van der Waals surface area contributed by atoms with Crippen molar-refractivity contribution in [1.29, 1.82) is 0 Å². The maximum Gasteiger partial charge on any atom is 0.407 e. The third kappa shape index (κ3) is 23.4. The van der Waals surface area contributed by atoms with Gasteiger partial charge in [-0.25, -0.2) is 38.0 Å². The maximum absolute atomic E-state index is 15.1. The number of carbonyl (C=O) groups is 6. The highest BCUT2D eigenvalue weighted by Gasteiger charge is 2.46. The highest BCUT2D eigenvalue weighted by atomic mass is 35.5. The minimum absolute atomic E-state index is 0. The van der Waals surface area contributed by atoms with Gasteiger partial charge in [0.15, 0.2) is 12.6 Å². The van der Waals surface area contributed by atoms with Crippen LogP contribution in [0.25, 0.3) is 22.3 Å². The van der Waals surface area contributed by atoms with E-state index in [4.69, 9.17) is 61.1 Å². The predicted molar refractivity (Wildman–Crippen MR) is 385 cm³/mol. The van der Waals surface area contributed by atoms with Crippen molar-refractivity contribution in [2.24, 2.45) is 22.7 Å². The molecule has 0 aliphatic carbocycles. The van der Waals surface area contributed by atoms with Gasteiger partial charge >= 0.3 is 24.4 Å². The number of benzene rings is 4. The number of hydrogen-bond acceptors (Lipinski definition) is 20. The molecule has 12 atom stereocenters. The lowest BCUT2D eigenvalue weighted by Gasteiger charge is -2.34. The summed E-state index contributed by atoms with van der Waals surface area (Å²) >= 11 is 12.3. The van der Waals surface area contributed by atoms with E-state index >= 15 is 4.39 Å². The van der Waals surface area contributed by atoms with Gasteiger partial charge in [0.1, 0.15) is 35.9 Å². The van der Waals surface area contributed by atoms with E-state index in [1.807, 2.05) is 72.8 Å². The SMILES string of the molecule is C.COC(=O)NC(C(=O)NN(Cc1c(F)cccc1Cl)CC(O)C(Cc1ccc(-c2cccnc2)cc1)NC(=O)OC1COC2OCCC12)C(C)(C)C.COC(=O)NC(C(=O)NN(Cc1ccc(Cl)c(F)c1)CC(O)C(Cc1ccc(-c2cccnc2)cc1)NC(=O)OC1COC2OCCC12)C(C)(C)C. The molecular weight excluding hydrogens is 1410 g/mol. The topological polar surface area (TPSA) is 321 Å². The normalized spacial score (nSPS) is 19.8. The van der Waals surface area contributed by atoms with E-state index in [0.29, 0.717) is 31.6 Å². The number of aliphatic hydroxyl groups excluding tert-OH is 2. The van der Waals surface area contributed by atoms with Crippen molar-refractivity contribution in [2.75, 3.05) is 53.7 Å². The van der Waals surface area contributed by atoms with Crippen molar-refractivity contribution in [2.45, 2.75) is 149 Å². The second-order valence-electron chi connectivity index (χ2n) is 27.9. The molecule has 0 spiro atoms. The number of methoxy groups -OCH3 is 2. The van der Waals surface area contributed by atoms with Crippen molar-refractivity contribution in [3.05, 3.63) is 178 Å². The van der Waals surface area contributed by atoms with Crippen molar-refractivity contribution in [3.63, 3.8) is 0 Å². The Balaban J connectivity index is 0.000000263. The Morgan fingerprint density at radius 3 is 1.38 bits per heavy atom. The van der Waals surface area contributed by atoms with Gasteiger partial charge in [-0.3, -0.25) is 30.4 Å². The summed E-state index contributed by atoms with van der Waals surface area (Å²) in [6, 6.07) is 27.2. The van der Waals surface area contributed by atoms with Crippen LogP contribution in [-0.2, 0) is 73.4 Å². The molecule has 4 aliphatic rings. The molecule has 6 amide bonds. The Morgan fingerprint density at radius 2 is 0.981 bits per heavy atom. The van der Waals surface area contributed by atoms with Crippen molar-refractivity contribution >= 4 is 59.4 Å². The molecule has 105 heavy (non-hydrogen) atoms. The number of rotatable bonds is 26. The summed E-state index contributed by atoms with van der Waals surface area (Å²) in [6.07, 6.45) is 0.952. The number of alkyl carbamates (subject to hydrolysis) is 4. The third-order valence-electron chi connectivity index (χ3n) is 18.1. The molecule has 26 nitrogen and oxygen atoms in total. The first-order valence-electron chi connectivity index (χ1n) is 34.0. The fourth-order valence-corrected chi connectivity index (χ4v) is 12.8. The zero-order valence-corrected chi connectivity index (χ0v) is 60.5. The summed E-state index contributed by atoms with van der Waals surface area (Å²) in [5.41, 5.74) is 9.79. The van der Waals surface area contributed by atoms with E-state index in [-0.39, 0.29) is 87.1 Å². The number of nitrogens with one attached hydrogen (secondary N) is 6. The van der Waals surface area contributed by atoms with E-state index in [1.165, 1.54) is 54.6 Å². The van der Waals surface area contributed by atoms with Crippen LogP contribution >= 0.6 is 23.2 Å². The standard InChI is InChI=1S/2C37H45ClFN5O8.CH4/c1-37(2,3)32(42-35(47)49-4)33(46)43-44(19-26-27(38)8-5-9-28(26)39)20-30(45)29(41-36(48)52-31-21-51-34-25(31)14-16-50-34)17-22-10-12-23(13-11-22)24-7-6-15-40-18-24;1-37(2,3)32(42-35(47)49-4)33(46)43-44(19-23-9-12-27(38)28(39)16-23)20-30(45)29(41-36(48)52-31-21-51-34-26(31)13-15-50-34)17-22-7-10-24(11-8-22)25-6-5-14-40-18-25;/h5-13,15,18,25,29-32,34,45H,14,16-17,19-21H2,1-4H3,(H,41,48)(H,42,47)(H,43,46);5-12,14,16,18,26,29-32,34,45H,13,15,17,19-21H2,1-4H3,(H,41,48)(H,42,47)(H,43,46);1H4. The summed E-state index contributed by atoms with van der Waals surface area (Å²) in [5, 5.41) is 37.1. The molecule has 6 heterocycles. The van der Waals surface area contributed by atoms with Crippen molar-refractivity contribution < 1.29 is 85.7 Å². The van der Waals surface area contributed by atoms with Gasteiger partial charge in [0, 0.05) is 61.6 Å². The van der Waals surface area contributed by atoms with Gasteiger partial charge in [-0.15, -0.1) is 0 Å². The second-order valence-corrected chi connectivity index (χ2v) is 28.7. The van der Waals surface area contributed by atoms with Crippen LogP contribution in [0.5, 0.6) is 0 Å². The summed E-state index contributed by atoms with van der Waals surface area (Å²) in [6.45, 7) is 11.1. The Hall–Kier alpha value is -8.68. The molecule has 6 aromatic rings. The molecule has 8 N–H and O–H groups in total. The van der Waals surface area contributed by atoms with Gasteiger partial charge < -0.3 is 69.4 Å². The van der Waals surface area contributed by atoms with Crippen LogP contribution in [0, 0.1) is 34.3 Å². The second kappa shape index (κ2) is 38.0. The molecule has 4 aromatic carbocycles. The monoisotopic (exact) mass is 1500 g/mol. The number of halogens is 4. The summed E-state index contributed by atoms with van der Waals surface area (Å²) < 4.78 is 72.9. The van der Waals surface area contributed by atoms with E-state index < -0.39 is 120 Å². The Morgan fingerprint density at radius 1 is 0.543 bits per heavy atom. The number of aliphatic hydroxyl groups is 2. The van der Waals surface area contributed by atoms with Crippen molar-refractivity contribution in [1.82, 2.24) is 52.1 Å². The van der Waals surface area contributed by atoms with Crippen LogP contribution in [0.3, 0.4) is 0 Å². The first-order chi connectivity index (χ1) is 49.6. The molecule has 12 unspecified atom stereocenters. The average Bonchev–Trinajstić information content (AvgIpc) is 1.53. The summed E-state index contributed by atoms with van der Waals surface area (Å²) in [5.74, 6) is -2.73. The van der Waals surface area contributed by atoms with E-state index in [2.05, 4.69) is 42.1 Å². The van der Waals surface area contributed by atoms with Gasteiger partial charge in [0.2, 0.25) is 0 Å². The van der Waals surface area contributed by atoms with Gasteiger partial charge in [0.05, 0.1) is 81.8 Å². The number of carbonyl (C=O) groups excluding carboxylic acids is 6. The van der Waals surface area contributed by atoms with Gasteiger partial charge in [-0.05, 0) is 112 Å². The number of pyridine rings is 2. The fraction of sp³-hybridized carbons (Fsp3) is 0.467. The lowest BCUT2D eigenvalue weighted by atomic mass is 9.86. The third-order valence-corrected chi connectivity index (χ3v) is 18.8. The zero-order chi connectivity index (χ0) is 74.8. The number of hydrazine groups is 2. The minimum atomic E-state index is -1.35. The molecule has 568 valence electrons. The first kappa shape index (κ1) is 82.0. The van der Waals surface area contributed by atoms with Crippen LogP contribution in [0.1, 0.15) is 84.1 Å². The Labute approximate surface area is 619 Å². The van der Waals surface area contributed by atoms with Crippen LogP contribution in [0.4, 0.5) is 28.0 Å². The maximum atomic E-state index is 15.1. The highest BCUT2D eigenvalue weighted by Crippen LogP contribution is 2.35. The molecular formula is C75H94Cl2F2N10O16. The summed E-state index contributed by atoms with van der Waals surface area (Å²) in [4.78, 5) is 86.8. The molecule has 0 bridgehead atoms. The first-order valence-corrected chi connectivity index (χ1v) is 34.8. The quantitative estimate of drug-likeness (QED) is 0.0185. The van der Waals surface area contributed by atoms with Crippen LogP contribution in [0.15, 0.2) is 134 Å². The molecule has 4 aliphatic heterocycles. The van der Waals surface area contributed by atoms with Crippen molar-refractivity contribution in [3.8, 4) is 22.3 Å². The van der Waals surface area contributed by atoms with Gasteiger partial charge in [-0.1, -0.05) is 145 Å². The van der Waals surface area contributed by atoms with Crippen LogP contribution in [0.2, 0.25) is 10.0 Å². The molecule has 0 radical (unpaired) electrons. The molecule has 2 aromatic heterocycles. The lowest BCUT2D eigenvalue weighted by molar-refractivity contribution is -0.132. The van der Waals surface area contributed by atoms with Crippen LogP contribution < -0.4 is 32.1 Å². The Kier molecular flexibility index (Phi) is 29.7. The van der Waals surface area contributed by atoms with Gasteiger partial charge in [-0.2, -0.15) is 0 Å². The fourth-order valence-electron chi connectivity index (χ4n) is 12.4. The molecule has 10 rings (SSSR count). The van der Waals surface area contributed by atoms with E-state index in [9.17, 15) is 43.4 Å². The smallest absolute Gasteiger partial charge is 0.407 e. The lowest BCUT2D eigenvalue weighted by Crippen LogP contribution is -2.59. The minimum Gasteiger partial charge on any atom is -0.453 e. The van der Waals surface area contributed by atoms with E-state index in [0.717, 1.165) is 33.4 Å². The predicted octanol–water partition coefficient (Wildman–Crippen LogP) is 9.85. The molecule has 4 fully saturated rings. The molecule has 4 saturated heterocycles. The average molecular weight is 1500 g/mol. The van der Waals surface area contributed by atoms with E-state index in [1.54, 1.807) is 72.4 Å². The number of fused-ring (bicyclic) bond motifs is 2. The largest absolute Gasteiger partial charge is 0.453 e. The van der Waals surface area contributed by atoms with Crippen LogP contribution in [-0.4, -0.2) is 181 Å². The number of ether oxygens (including phenoxy) is 8. The Bertz CT molecular complexity index is 3830. The number of hydrogen-bond donors (Lipinski definition) is 8. The molecule has 30 heteroatoms. The van der Waals surface area contributed by atoms with Gasteiger partial charge in [0.25, 0.3) is 11.8 Å². The number of aromatic nitrogens is 2. The number of amides is 6.